The van der Waals surface area contributed by atoms with E-state index in [1.54, 1.807) is 0 Å². The Hall–Kier alpha value is -3.48. The summed E-state index contributed by atoms with van der Waals surface area (Å²) in [5.41, 5.74) is 6.32. The highest BCUT2D eigenvalue weighted by atomic mass is 16.5. The Morgan fingerprint density at radius 1 is 1.14 bits per heavy atom. The van der Waals surface area contributed by atoms with Gasteiger partial charge in [-0.05, 0) is 60.6 Å². The van der Waals surface area contributed by atoms with E-state index in [2.05, 4.69) is 94.1 Å². The summed E-state index contributed by atoms with van der Waals surface area (Å²) in [4.78, 5) is 15.5. The molecule has 1 spiro atoms. The lowest BCUT2D eigenvalue weighted by Crippen LogP contribution is -2.42. The van der Waals surface area contributed by atoms with Crippen molar-refractivity contribution in [2.75, 3.05) is 26.3 Å². The molecule has 6 heteroatoms. The van der Waals surface area contributed by atoms with Crippen LogP contribution in [0.5, 0.6) is 0 Å². The van der Waals surface area contributed by atoms with E-state index in [0.717, 1.165) is 67.0 Å². The highest BCUT2D eigenvalue weighted by molar-refractivity contribution is 5.93. The van der Waals surface area contributed by atoms with E-state index in [-0.39, 0.29) is 17.2 Å². The molecule has 2 fully saturated rings. The van der Waals surface area contributed by atoms with E-state index in [4.69, 9.17) is 4.74 Å². The molecule has 1 saturated carbocycles. The predicted molar refractivity (Wildman–Crippen MR) is 146 cm³/mol. The molecule has 4 aliphatic rings. The van der Waals surface area contributed by atoms with Crippen molar-refractivity contribution in [1.82, 2.24) is 20.4 Å². The molecule has 2 N–H and O–H groups in total. The van der Waals surface area contributed by atoms with Crippen LogP contribution in [-0.2, 0) is 9.53 Å². The van der Waals surface area contributed by atoms with Crippen LogP contribution in [0.1, 0.15) is 54.1 Å². The summed E-state index contributed by atoms with van der Waals surface area (Å²) in [7, 11) is 0. The molecule has 3 heterocycles. The van der Waals surface area contributed by atoms with E-state index in [1.165, 1.54) is 11.1 Å². The highest BCUT2D eigenvalue weighted by Crippen LogP contribution is 2.66. The second-order valence-electron chi connectivity index (χ2n) is 10.9. The van der Waals surface area contributed by atoms with Crippen LogP contribution in [0.25, 0.3) is 23.1 Å². The molecule has 1 amide bonds. The van der Waals surface area contributed by atoms with Gasteiger partial charge in [-0.3, -0.25) is 14.8 Å². The third kappa shape index (κ3) is 3.87. The van der Waals surface area contributed by atoms with Crippen molar-refractivity contribution in [3.05, 3.63) is 88.8 Å². The van der Waals surface area contributed by atoms with Crippen molar-refractivity contribution in [3.63, 3.8) is 0 Å². The Labute approximate surface area is 217 Å². The second-order valence-corrected chi connectivity index (χ2v) is 10.9. The Bertz CT molecular complexity index is 1440. The number of fused-ring (bicyclic) bond motifs is 3. The average Bonchev–Trinajstić information content (AvgIpc) is 3.58. The smallest absolute Gasteiger partial charge is 0.231 e. The van der Waals surface area contributed by atoms with Crippen molar-refractivity contribution < 1.29 is 9.53 Å². The number of nitrogens with zero attached hydrogens (tertiary/aromatic N) is 2. The summed E-state index contributed by atoms with van der Waals surface area (Å²) in [6.45, 7) is 5.88. The molecule has 1 unspecified atom stereocenters. The normalized spacial score (nSPS) is 28.0. The number of carbonyl (C=O) groups excluding carboxylic acids is 1. The van der Waals surface area contributed by atoms with Crippen molar-refractivity contribution in [2.24, 2.45) is 11.3 Å². The van der Waals surface area contributed by atoms with Gasteiger partial charge >= 0.3 is 0 Å². The van der Waals surface area contributed by atoms with Gasteiger partial charge in [-0.25, -0.2) is 0 Å². The molecule has 188 valence electrons. The molecule has 2 aromatic carbocycles. The molecule has 4 atom stereocenters. The van der Waals surface area contributed by atoms with E-state index in [9.17, 15) is 4.79 Å². The molecule has 6 nitrogen and oxygen atoms in total. The highest BCUT2D eigenvalue weighted by Gasteiger charge is 2.65. The zero-order valence-electron chi connectivity index (χ0n) is 21.1. The Balaban J connectivity index is 1.07. The molecule has 7 rings (SSSR count). The van der Waals surface area contributed by atoms with Crippen LogP contribution in [0.4, 0.5) is 0 Å². The van der Waals surface area contributed by atoms with E-state index < -0.39 is 0 Å². The van der Waals surface area contributed by atoms with Crippen LogP contribution in [0.15, 0.2) is 66.4 Å². The van der Waals surface area contributed by atoms with Gasteiger partial charge in [0.05, 0.1) is 29.8 Å². The maximum absolute atomic E-state index is 13.0. The molecule has 37 heavy (non-hydrogen) atoms. The van der Waals surface area contributed by atoms with Crippen molar-refractivity contribution in [1.29, 1.82) is 0 Å². The number of carbonyl (C=O) groups is 1. The summed E-state index contributed by atoms with van der Waals surface area (Å²) in [6.07, 6.45) is 12.5. The molecule has 2 aliphatic carbocycles. The molecule has 1 saturated heterocycles. The Kier molecular flexibility index (Phi) is 5.41. The fourth-order valence-corrected chi connectivity index (χ4v) is 6.53. The van der Waals surface area contributed by atoms with Gasteiger partial charge in [0.25, 0.3) is 0 Å². The minimum absolute atomic E-state index is 0.183. The molecule has 2 aliphatic heterocycles. The average molecular weight is 493 g/mol. The molecule has 3 aromatic rings. The van der Waals surface area contributed by atoms with E-state index in [1.807, 2.05) is 6.08 Å². The summed E-state index contributed by atoms with van der Waals surface area (Å²) in [5, 5.41) is 12.0. The number of benzene rings is 2. The Morgan fingerprint density at radius 3 is 2.81 bits per heavy atom. The summed E-state index contributed by atoms with van der Waals surface area (Å²) in [5.74, 6) is 0.736. The zero-order chi connectivity index (χ0) is 25.0. The third-order valence-corrected chi connectivity index (χ3v) is 8.88. The molecular weight excluding hydrogens is 460 g/mol. The van der Waals surface area contributed by atoms with Crippen LogP contribution in [-0.4, -0.2) is 47.3 Å². The summed E-state index contributed by atoms with van der Waals surface area (Å²) in [6, 6.07) is 15.7. The maximum atomic E-state index is 13.0. The van der Waals surface area contributed by atoms with Crippen molar-refractivity contribution in [3.8, 4) is 0 Å². The first-order valence-corrected chi connectivity index (χ1v) is 13.4. The Morgan fingerprint density at radius 2 is 1.97 bits per heavy atom. The zero-order valence-corrected chi connectivity index (χ0v) is 21.1. The third-order valence-electron chi connectivity index (χ3n) is 8.88. The topological polar surface area (TPSA) is 70.2 Å². The van der Waals surface area contributed by atoms with Crippen LogP contribution in [0.3, 0.4) is 0 Å². The molecule has 1 aromatic heterocycles. The lowest BCUT2D eigenvalue weighted by molar-refractivity contribution is -0.127. The lowest BCUT2D eigenvalue weighted by atomic mass is 9.77. The fourth-order valence-electron chi connectivity index (χ4n) is 6.53. The first-order chi connectivity index (χ1) is 18.1. The van der Waals surface area contributed by atoms with Gasteiger partial charge in [0.1, 0.15) is 0 Å². The van der Waals surface area contributed by atoms with Gasteiger partial charge < -0.3 is 10.1 Å². The summed E-state index contributed by atoms with van der Waals surface area (Å²) < 4.78 is 5.49. The van der Waals surface area contributed by atoms with E-state index >= 15 is 0 Å². The lowest BCUT2D eigenvalue weighted by Gasteiger charge is -2.32. The molecule has 0 radical (unpaired) electrons. The number of morpholine rings is 1. The van der Waals surface area contributed by atoms with Gasteiger partial charge in [0, 0.05) is 36.1 Å². The number of aromatic nitrogens is 2. The second kappa shape index (κ2) is 8.82. The standard InChI is InChI=1S/C31H32N4O2/c1-20(35-13-15-37-16-14-35)22-8-5-21(6-9-22)7-12-28-26-11-10-23(17-29(26)34-33-28)27-19-31(27)24-3-2-4-25(18-24)32-30(31)36/h2,4-12,17-18,20,24,27H,3,13-16,19H2,1H3,(H,32,36)(H,33,34)/b12-7+/t20-,24?,27-,31-/m0/s1. The van der Waals surface area contributed by atoms with Gasteiger partial charge in [0.15, 0.2) is 0 Å². The van der Waals surface area contributed by atoms with Crippen molar-refractivity contribution >= 4 is 29.0 Å². The number of ether oxygens (including phenoxy) is 1. The quantitative estimate of drug-likeness (QED) is 0.514. The van der Waals surface area contributed by atoms with Crippen molar-refractivity contribution in [2.45, 2.75) is 31.7 Å². The number of nitrogens with one attached hydrogen (secondary N) is 2. The minimum atomic E-state index is -0.296. The van der Waals surface area contributed by atoms with Crippen LogP contribution >= 0.6 is 0 Å². The molecular formula is C31H32N4O2. The van der Waals surface area contributed by atoms with Gasteiger partial charge in [0.2, 0.25) is 5.91 Å². The first-order valence-electron chi connectivity index (χ1n) is 13.4. The minimum Gasteiger partial charge on any atom is -0.379 e. The number of H-pyrrole nitrogens is 1. The van der Waals surface area contributed by atoms with Crippen LogP contribution in [0.2, 0.25) is 0 Å². The number of hydrogen-bond donors (Lipinski definition) is 2. The van der Waals surface area contributed by atoms with Crippen LogP contribution < -0.4 is 5.32 Å². The number of aromatic amines is 1. The number of amides is 1. The van der Waals surface area contributed by atoms with Gasteiger partial charge in [-0.15, -0.1) is 0 Å². The van der Waals surface area contributed by atoms with E-state index in [0.29, 0.717) is 12.0 Å². The predicted octanol–water partition coefficient (Wildman–Crippen LogP) is 5.19. The number of rotatable bonds is 5. The first kappa shape index (κ1) is 22.7. The maximum Gasteiger partial charge on any atom is 0.231 e. The monoisotopic (exact) mass is 492 g/mol. The largest absolute Gasteiger partial charge is 0.379 e. The van der Waals surface area contributed by atoms with Gasteiger partial charge in [-0.1, -0.05) is 54.6 Å². The number of hydrogen-bond acceptors (Lipinski definition) is 4. The molecule has 2 bridgehead atoms. The SMILES string of the molecule is C[C@@H](c1ccc(/C=C/c2n[nH]c3cc([C@@H]4C[C@@]45C(=O)NC4=CC5CC=C4)ccc23)cc1)N1CCOCC1. The fraction of sp³-hybridized carbons (Fsp3) is 0.355. The van der Waals surface area contributed by atoms with Crippen LogP contribution in [0, 0.1) is 11.3 Å². The summed E-state index contributed by atoms with van der Waals surface area (Å²) >= 11 is 0. The van der Waals surface area contributed by atoms with Gasteiger partial charge in [-0.2, -0.15) is 5.10 Å². The number of allylic oxidation sites excluding steroid dienone is 3.